The molecule has 0 aliphatic carbocycles. The van der Waals surface area contributed by atoms with E-state index < -0.39 is 16.5 Å². The molecule has 0 aliphatic heterocycles. The van der Waals surface area contributed by atoms with E-state index in [2.05, 4.69) is 46.2 Å². The van der Waals surface area contributed by atoms with Crippen molar-refractivity contribution in [2.24, 2.45) is 0 Å². The summed E-state index contributed by atoms with van der Waals surface area (Å²) in [6.45, 7) is 14.5. The Morgan fingerprint density at radius 3 is 1.10 bits per heavy atom. The van der Waals surface area contributed by atoms with Crippen LogP contribution < -0.4 is 4.65 Å². The highest BCUT2D eigenvalue weighted by molar-refractivity contribution is 6.93. The molecule has 0 aromatic rings. The van der Waals surface area contributed by atoms with E-state index in [4.69, 9.17) is 0 Å². The lowest BCUT2D eigenvalue weighted by molar-refractivity contribution is 0.744. The topological polar surface area (TPSA) is 12.0 Å². The molecule has 0 aromatic heterocycles. The van der Waals surface area contributed by atoms with Crippen LogP contribution in [0.2, 0.25) is 36.3 Å². The molecule has 3 heteroatoms. The third kappa shape index (κ3) is 7.47. The number of hydrogen-bond donors (Lipinski definition) is 1. The number of nitrogens with one attached hydrogen (secondary N) is 1. The lowest BCUT2D eigenvalue weighted by atomic mass is 10.3. The molecule has 0 rings (SSSR count). The summed E-state index contributed by atoms with van der Waals surface area (Å²) < 4.78 is 4.48. The summed E-state index contributed by atoms with van der Waals surface area (Å²) in [5.41, 5.74) is 0. The average molecular weight is 330 g/mol. The Kier molecular flexibility index (Phi) is 12.1. The van der Waals surface area contributed by atoms with Crippen LogP contribution in [0.25, 0.3) is 0 Å². The average Bonchev–Trinajstić information content (AvgIpc) is 2.53. The molecule has 1 N–H and O–H groups in total. The molecular formula is C18H43NSi2. The molecule has 0 aliphatic rings. The van der Waals surface area contributed by atoms with Gasteiger partial charge in [0.2, 0.25) is 0 Å². The van der Waals surface area contributed by atoms with Crippen molar-refractivity contribution in [3.8, 4) is 0 Å². The van der Waals surface area contributed by atoms with Gasteiger partial charge >= 0.3 is 0 Å². The van der Waals surface area contributed by atoms with Crippen LogP contribution in [-0.4, -0.2) is 16.5 Å². The highest BCUT2D eigenvalue weighted by atomic mass is 28.4. The second-order valence-corrected chi connectivity index (χ2v) is 17.0. The first-order valence-electron chi connectivity index (χ1n) is 9.86. The van der Waals surface area contributed by atoms with Gasteiger partial charge in [-0.25, -0.2) is 0 Å². The van der Waals surface area contributed by atoms with Crippen molar-refractivity contribution in [2.75, 3.05) is 0 Å². The summed E-state index contributed by atoms with van der Waals surface area (Å²) in [6.07, 6.45) is 8.50. The maximum absolute atomic E-state index is 4.48. The summed E-state index contributed by atoms with van der Waals surface area (Å²) in [5, 5.41) is 0. The molecule has 0 saturated carbocycles. The number of hydrogen-bond acceptors (Lipinski definition) is 1. The van der Waals surface area contributed by atoms with Crippen LogP contribution in [-0.2, 0) is 0 Å². The number of unbranched alkanes of at least 4 members (excludes halogenated alkanes) is 4. The standard InChI is InChI=1S/C18H43NSi2/c1-7-13-15-17-20(9-3,10-4)19-21(11-5,12-6)18-16-14-8-2/h19H,7-18H2,1-6H3. The van der Waals surface area contributed by atoms with E-state index in [0.717, 1.165) is 0 Å². The molecule has 0 saturated heterocycles. The Morgan fingerprint density at radius 1 is 0.524 bits per heavy atom. The molecule has 0 amide bonds. The summed E-state index contributed by atoms with van der Waals surface area (Å²) in [5.74, 6) is 0. The Morgan fingerprint density at radius 2 is 0.857 bits per heavy atom. The van der Waals surface area contributed by atoms with Crippen molar-refractivity contribution >= 4 is 16.5 Å². The van der Waals surface area contributed by atoms with Gasteiger partial charge in [-0.3, -0.25) is 0 Å². The van der Waals surface area contributed by atoms with Gasteiger partial charge in [0, 0.05) is 0 Å². The van der Waals surface area contributed by atoms with Gasteiger partial charge in [0.05, 0.1) is 0 Å². The first-order chi connectivity index (χ1) is 10.1. The maximum atomic E-state index is 4.48. The van der Waals surface area contributed by atoms with E-state index in [1.54, 1.807) is 0 Å². The van der Waals surface area contributed by atoms with E-state index >= 15 is 0 Å². The highest BCUT2D eigenvalue weighted by Gasteiger charge is 2.38. The highest BCUT2D eigenvalue weighted by Crippen LogP contribution is 2.29. The van der Waals surface area contributed by atoms with Crippen molar-refractivity contribution in [1.29, 1.82) is 0 Å². The summed E-state index contributed by atoms with van der Waals surface area (Å²) in [6, 6.07) is 8.81. The van der Waals surface area contributed by atoms with E-state index in [1.165, 1.54) is 74.8 Å². The van der Waals surface area contributed by atoms with E-state index in [1.807, 2.05) is 0 Å². The molecule has 0 unspecified atom stereocenters. The minimum atomic E-state index is -1.21. The molecule has 0 heterocycles. The van der Waals surface area contributed by atoms with Crippen LogP contribution in [0.1, 0.15) is 80.1 Å². The van der Waals surface area contributed by atoms with Crippen LogP contribution >= 0.6 is 0 Å². The third-order valence-electron chi connectivity index (χ3n) is 5.76. The fraction of sp³-hybridized carbons (Fsp3) is 1.00. The second-order valence-electron chi connectivity index (χ2n) is 7.01. The van der Waals surface area contributed by atoms with Crippen LogP contribution in [0, 0.1) is 0 Å². The fourth-order valence-corrected chi connectivity index (χ4v) is 16.3. The normalized spacial score (nSPS) is 12.9. The molecule has 0 radical (unpaired) electrons. The van der Waals surface area contributed by atoms with E-state index in [0.29, 0.717) is 0 Å². The molecule has 0 bridgehead atoms. The smallest absolute Gasteiger partial charge is 0.118 e. The van der Waals surface area contributed by atoms with Crippen LogP contribution in [0.4, 0.5) is 0 Å². The Balaban J connectivity index is 4.85. The van der Waals surface area contributed by atoms with Crippen LogP contribution in [0.3, 0.4) is 0 Å². The molecule has 128 valence electrons. The van der Waals surface area contributed by atoms with Gasteiger partial charge in [-0.2, -0.15) is 0 Å². The van der Waals surface area contributed by atoms with Gasteiger partial charge in [-0.05, 0) is 36.3 Å². The molecule has 1 nitrogen and oxygen atoms in total. The maximum Gasteiger partial charge on any atom is 0.118 e. The van der Waals surface area contributed by atoms with Gasteiger partial charge < -0.3 is 4.65 Å². The van der Waals surface area contributed by atoms with E-state index in [9.17, 15) is 0 Å². The summed E-state index contributed by atoms with van der Waals surface area (Å²) >= 11 is 0. The van der Waals surface area contributed by atoms with E-state index in [-0.39, 0.29) is 0 Å². The lowest BCUT2D eigenvalue weighted by Gasteiger charge is -2.42. The van der Waals surface area contributed by atoms with Gasteiger partial charge in [0.15, 0.2) is 0 Å². The molecule has 0 fully saturated rings. The first kappa shape index (κ1) is 21.4. The number of rotatable bonds is 14. The molecule has 0 spiro atoms. The van der Waals surface area contributed by atoms with Gasteiger partial charge in [0.25, 0.3) is 0 Å². The Bertz CT molecular complexity index is 211. The predicted molar refractivity (Wildman–Crippen MR) is 105 cm³/mol. The molecular weight excluding hydrogens is 286 g/mol. The van der Waals surface area contributed by atoms with Crippen molar-refractivity contribution in [2.45, 2.75) is 116 Å². The van der Waals surface area contributed by atoms with Crippen LogP contribution in [0.5, 0.6) is 0 Å². The zero-order valence-corrected chi connectivity index (χ0v) is 18.0. The third-order valence-corrected chi connectivity index (χ3v) is 18.0. The summed E-state index contributed by atoms with van der Waals surface area (Å²) in [7, 11) is -2.41. The van der Waals surface area contributed by atoms with Gasteiger partial charge in [0.1, 0.15) is 16.5 Å². The fourth-order valence-electron chi connectivity index (χ4n) is 3.67. The van der Waals surface area contributed by atoms with Crippen molar-refractivity contribution in [3.63, 3.8) is 0 Å². The Labute approximate surface area is 137 Å². The first-order valence-corrected chi connectivity index (χ1v) is 15.1. The SMILES string of the molecule is CCCCC[Si](CC)(CC)N[Si](CC)(CC)CCCCC. The largest absolute Gasteiger partial charge is 0.359 e. The van der Waals surface area contributed by atoms with Gasteiger partial charge in [-0.15, -0.1) is 0 Å². The summed E-state index contributed by atoms with van der Waals surface area (Å²) in [4.78, 5) is 0. The van der Waals surface area contributed by atoms with Crippen LogP contribution in [0.15, 0.2) is 0 Å². The van der Waals surface area contributed by atoms with Gasteiger partial charge in [-0.1, -0.05) is 80.1 Å². The predicted octanol–water partition coefficient (Wildman–Crippen LogP) is 6.93. The molecule has 21 heavy (non-hydrogen) atoms. The Hall–Kier alpha value is 0.394. The van der Waals surface area contributed by atoms with Crippen molar-refractivity contribution in [3.05, 3.63) is 0 Å². The minimum Gasteiger partial charge on any atom is -0.359 e. The zero-order chi connectivity index (χ0) is 16.2. The quantitative estimate of drug-likeness (QED) is 0.269. The monoisotopic (exact) mass is 329 g/mol. The second kappa shape index (κ2) is 11.9. The van der Waals surface area contributed by atoms with Crippen molar-refractivity contribution in [1.82, 2.24) is 4.65 Å². The minimum absolute atomic E-state index is 1.21. The molecule has 0 atom stereocenters. The molecule has 0 aromatic carbocycles. The lowest BCUT2D eigenvalue weighted by Crippen LogP contribution is -2.63. The van der Waals surface area contributed by atoms with Crippen molar-refractivity contribution < 1.29 is 0 Å². The zero-order valence-electron chi connectivity index (χ0n) is 16.0.